The van der Waals surface area contributed by atoms with Gasteiger partial charge in [-0.25, -0.2) is 15.0 Å². The molecule has 7 heterocycles. The number of benzene rings is 20. The molecule has 0 amide bonds. The van der Waals surface area contributed by atoms with Crippen molar-refractivity contribution in [2.24, 2.45) is 0 Å². The summed E-state index contributed by atoms with van der Waals surface area (Å²) in [5.41, 5.74) is 30.8. The number of hydrogen-bond donors (Lipinski definition) is 0. The summed E-state index contributed by atoms with van der Waals surface area (Å²) in [6.45, 7) is 0. The van der Waals surface area contributed by atoms with Gasteiger partial charge in [0.2, 0.25) is 0 Å². The van der Waals surface area contributed by atoms with Crippen LogP contribution in [0.25, 0.3) is 265 Å². The van der Waals surface area contributed by atoms with Crippen LogP contribution in [0.15, 0.2) is 529 Å². The Morgan fingerprint density at radius 1 is 0.0903 bits per heavy atom. The highest BCUT2D eigenvalue weighted by Crippen LogP contribution is 2.47. The predicted molar refractivity (Wildman–Crippen MR) is 599 cm³/mol. The van der Waals surface area contributed by atoms with Crippen molar-refractivity contribution >= 4 is 97.0 Å². The van der Waals surface area contributed by atoms with E-state index in [9.17, 15) is 0 Å². The third-order valence-electron chi connectivity index (χ3n) is 27.8. The summed E-state index contributed by atoms with van der Waals surface area (Å²) in [6.07, 6.45) is 21.8. The Bertz CT molecular complexity index is 9320. The predicted octanol–water partition coefficient (Wildman–Crippen LogP) is 35.0. The lowest BCUT2D eigenvalue weighted by Gasteiger charge is -2.16. The Morgan fingerprint density at radius 2 is 0.271 bits per heavy atom. The average Bonchev–Trinajstić information content (AvgIpc) is 0.744. The molecule has 0 spiro atoms. The average molecular weight is 1840 g/mol. The Kier molecular flexibility index (Phi) is 22.9. The summed E-state index contributed by atoms with van der Waals surface area (Å²) in [4.78, 5) is 40.2. The van der Waals surface area contributed by atoms with E-state index in [-0.39, 0.29) is 0 Å². The van der Waals surface area contributed by atoms with Crippen LogP contribution in [0, 0.1) is 0 Å². The fraction of sp³-hybridized carbons (Fsp3) is 0. The third-order valence-corrected chi connectivity index (χ3v) is 27.8. The fourth-order valence-electron chi connectivity index (χ4n) is 20.8. The highest BCUT2D eigenvalue weighted by atomic mass is 15.0. The summed E-state index contributed by atoms with van der Waals surface area (Å²) in [6, 6.07) is 164. The first-order chi connectivity index (χ1) is 71.4. The minimum Gasteiger partial charge on any atom is -0.265 e. The van der Waals surface area contributed by atoms with Gasteiger partial charge in [-0.3, -0.25) is 29.9 Å². The van der Waals surface area contributed by atoms with Crippen molar-refractivity contribution in [3.05, 3.63) is 529 Å². The standard InChI is InChI=1S/C52H34N2.C43H27N5.C40H26N2/c1-2-8-35(9-3-1)42-16-18-49-47-14-4-5-15-48(47)50-19-17-43(34-52(50)51(49)33-42)40-12-6-10-38(28-40)39-11-7-13-41(29-39)46-31-44(36-20-24-53-25-21-36)30-45(32-46)37-22-26-54-27-23-37;1-2-8-28(9-3-1)31-14-16-36-37-17-15-32(27-40(37)35-12-6-5-11-34(35)39(36)26-31)33-10-4-7-13-38(33)43-47-41(29-18-22-44-23-19-29)46-42(48-43)30-20-24-45-25-21-30;1-2-8-34(32-24-30(27-15-19-41-20-16-27)23-31(25-32)28-17-21-42-22-18-28)33(7-1)29-13-14-39-37-11-4-3-9-35(37)36-10-5-6-12-38(36)40(39)26-29/h1-34H;1-27H;1-26H. The maximum Gasteiger partial charge on any atom is 0.164 e. The second-order valence-electron chi connectivity index (χ2n) is 36.3. The van der Waals surface area contributed by atoms with Gasteiger partial charge in [0, 0.05) is 91.1 Å². The number of nitrogens with zero attached hydrogens (tertiary/aromatic N) is 9. The minimum atomic E-state index is 0.592. The van der Waals surface area contributed by atoms with Crippen molar-refractivity contribution in [3.8, 4) is 168 Å². The highest BCUT2D eigenvalue weighted by molar-refractivity contribution is 6.29. The molecule has 0 bridgehead atoms. The molecule has 0 N–H and O–H groups in total. The molecule has 9 heteroatoms. The molecule has 144 heavy (non-hydrogen) atoms. The number of rotatable bonds is 15. The quantitative estimate of drug-likeness (QED) is 0.0925. The summed E-state index contributed by atoms with van der Waals surface area (Å²) in [5, 5.41) is 22.8. The summed E-state index contributed by atoms with van der Waals surface area (Å²) >= 11 is 0. The molecule has 0 atom stereocenters. The van der Waals surface area contributed by atoms with Gasteiger partial charge in [0.1, 0.15) is 0 Å². The number of fused-ring (bicyclic) bond motifs is 18. The molecule has 0 aliphatic heterocycles. The molecule has 672 valence electrons. The van der Waals surface area contributed by atoms with Crippen molar-refractivity contribution in [1.82, 2.24) is 44.9 Å². The molecule has 0 saturated carbocycles. The lowest BCUT2D eigenvalue weighted by molar-refractivity contribution is 1.07. The molecule has 0 aliphatic rings. The lowest BCUT2D eigenvalue weighted by Crippen LogP contribution is -2.01. The van der Waals surface area contributed by atoms with Crippen LogP contribution in [-0.4, -0.2) is 44.9 Å². The van der Waals surface area contributed by atoms with Crippen LogP contribution in [0.1, 0.15) is 0 Å². The minimum absolute atomic E-state index is 0.592. The van der Waals surface area contributed by atoms with Gasteiger partial charge in [-0.1, -0.05) is 303 Å². The molecule has 0 unspecified atom stereocenters. The van der Waals surface area contributed by atoms with Crippen LogP contribution < -0.4 is 0 Å². The topological polar surface area (TPSA) is 116 Å². The summed E-state index contributed by atoms with van der Waals surface area (Å²) < 4.78 is 0. The molecule has 27 aromatic rings. The van der Waals surface area contributed by atoms with Gasteiger partial charge in [-0.2, -0.15) is 0 Å². The van der Waals surface area contributed by atoms with Crippen LogP contribution in [0.3, 0.4) is 0 Å². The fourth-order valence-corrected chi connectivity index (χ4v) is 20.8. The smallest absolute Gasteiger partial charge is 0.164 e. The van der Waals surface area contributed by atoms with E-state index < -0.39 is 0 Å². The SMILES string of the molecule is c1ccc(-c2ccc3c4ccc(-c5ccccc5-c5nc(-c6ccncc6)nc(-c6ccncc6)n5)cc4c4ccccc4c3c2)cc1.c1ccc(-c2ccc3c4ccccc4c4ccc(-c5cccc(-c6cccc(-c7cc(-c8ccncc8)cc(-c8ccncc8)c7)c6)c5)cc4c3c2)cc1.c1ccc(-c2ccc3c4ccccc4c4ccccc4c3c2)c(-c2cc(-c3ccncc3)cc(-c3ccncc3)c2)c1. The maximum atomic E-state index is 5.01. The van der Waals surface area contributed by atoms with Crippen LogP contribution in [-0.2, 0) is 0 Å². The van der Waals surface area contributed by atoms with Gasteiger partial charge in [0.15, 0.2) is 17.5 Å². The van der Waals surface area contributed by atoms with Crippen molar-refractivity contribution in [2.45, 2.75) is 0 Å². The van der Waals surface area contributed by atoms with E-state index >= 15 is 0 Å². The maximum absolute atomic E-state index is 5.01. The van der Waals surface area contributed by atoms with Gasteiger partial charge in [0.25, 0.3) is 0 Å². The van der Waals surface area contributed by atoms with E-state index in [1.54, 1.807) is 24.8 Å². The molecule has 20 aromatic carbocycles. The third kappa shape index (κ3) is 16.9. The summed E-state index contributed by atoms with van der Waals surface area (Å²) in [7, 11) is 0. The zero-order valence-electron chi connectivity index (χ0n) is 78.3. The van der Waals surface area contributed by atoms with Gasteiger partial charge in [0.05, 0.1) is 0 Å². The molecule has 0 fully saturated rings. The molecular formula is C135H87N9. The van der Waals surface area contributed by atoms with E-state index in [0.29, 0.717) is 17.5 Å². The first-order valence-electron chi connectivity index (χ1n) is 48.5. The molecule has 7 aromatic heterocycles. The monoisotopic (exact) mass is 1830 g/mol. The van der Waals surface area contributed by atoms with Crippen molar-refractivity contribution in [3.63, 3.8) is 0 Å². The molecule has 0 aliphatic carbocycles. The van der Waals surface area contributed by atoms with Crippen LogP contribution in [0.4, 0.5) is 0 Å². The van der Waals surface area contributed by atoms with E-state index in [1.165, 1.54) is 169 Å². The highest BCUT2D eigenvalue weighted by Gasteiger charge is 2.22. The number of aromatic nitrogens is 9. The molecular weight excluding hydrogens is 1750 g/mol. The lowest BCUT2D eigenvalue weighted by atomic mass is 9.88. The largest absolute Gasteiger partial charge is 0.265 e. The Balaban J connectivity index is 0.000000114. The normalized spacial score (nSPS) is 11.3. The van der Waals surface area contributed by atoms with Gasteiger partial charge in [-0.15, -0.1) is 0 Å². The van der Waals surface area contributed by atoms with Crippen molar-refractivity contribution in [2.75, 3.05) is 0 Å². The second kappa shape index (κ2) is 38.2. The van der Waals surface area contributed by atoms with E-state index in [0.717, 1.165) is 77.9 Å². The number of hydrogen-bond acceptors (Lipinski definition) is 9. The van der Waals surface area contributed by atoms with Crippen LogP contribution >= 0.6 is 0 Å². The van der Waals surface area contributed by atoms with Gasteiger partial charge < -0.3 is 0 Å². The van der Waals surface area contributed by atoms with Crippen LogP contribution in [0.5, 0.6) is 0 Å². The van der Waals surface area contributed by atoms with Gasteiger partial charge in [-0.05, 0) is 382 Å². The zero-order valence-corrected chi connectivity index (χ0v) is 78.3. The molecule has 0 saturated heterocycles. The zero-order chi connectivity index (χ0) is 95.6. The Labute approximate surface area is 833 Å². The van der Waals surface area contributed by atoms with Crippen molar-refractivity contribution < 1.29 is 0 Å². The van der Waals surface area contributed by atoms with E-state index in [4.69, 9.17) is 15.0 Å². The first-order valence-corrected chi connectivity index (χ1v) is 48.5. The first kappa shape index (κ1) is 86.2. The Morgan fingerprint density at radius 3 is 0.590 bits per heavy atom. The van der Waals surface area contributed by atoms with E-state index in [2.05, 4.69) is 455 Å². The molecule has 27 rings (SSSR count). The summed E-state index contributed by atoms with van der Waals surface area (Å²) in [5.74, 6) is 1.79. The van der Waals surface area contributed by atoms with Gasteiger partial charge >= 0.3 is 0 Å². The Hall–Kier alpha value is -19.4. The van der Waals surface area contributed by atoms with E-state index in [1.807, 2.05) is 79.9 Å². The van der Waals surface area contributed by atoms with Crippen molar-refractivity contribution in [1.29, 1.82) is 0 Å². The number of pyridine rings is 6. The molecule has 9 nitrogen and oxygen atoms in total. The molecule has 0 radical (unpaired) electrons. The second-order valence-corrected chi connectivity index (χ2v) is 36.3. The van der Waals surface area contributed by atoms with Crippen LogP contribution in [0.2, 0.25) is 0 Å².